The molecule has 0 spiro atoms. The number of aliphatic hydroxyl groups is 1. The quantitative estimate of drug-likeness (QED) is 0.837. The van der Waals surface area contributed by atoms with Gasteiger partial charge >= 0.3 is 0 Å². The zero-order valence-electron chi connectivity index (χ0n) is 11.6. The fourth-order valence-corrected chi connectivity index (χ4v) is 2.13. The Morgan fingerprint density at radius 2 is 2.00 bits per heavy atom. The molecule has 1 unspecified atom stereocenters. The van der Waals surface area contributed by atoms with E-state index < -0.39 is 6.10 Å². The molecule has 2 aromatic rings. The van der Waals surface area contributed by atoms with E-state index in [0.717, 1.165) is 5.56 Å². The van der Waals surface area contributed by atoms with Crippen LogP contribution in [0.2, 0.25) is 5.02 Å². The summed E-state index contributed by atoms with van der Waals surface area (Å²) in [7, 11) is 0. The zero-order chi connectivity index (χ0) is 15.2. The molecular formula is C17H16ClNO2. The number of benzene rings is 2. The van der Waals surface area contributed by atoms with E-state index in [2.05, 4.69) is 5.32 Å². The van der Waals surface area contributed by atoms with Crippen LogP contribution in [0.4, 0.5) is 5.69 Å². The molecular weight excluding hydrogens is 286 g/mol. The van der Waals surface area contributed by atoms with Gasteiger partial charge in [0.1, 0.15) is 0 Å². The SMILES string of the molecule is CC(O)c1ccccc1NC(=O)C=Cc1cccc(Cl)c1. The molecule has 1 amide bonds. The van der Waals surface area contributed by atoms with Gasteiger partial charge in [0.05, 0.1) is 6.10 Å². The van der Waals surface area contributed by atoms with Crippen molar-refractivity contribution in [1.29, 1.82) is 0 Å². The molecule has 2 rings (SSSR count). The Kier molecular flexibility index (Phi) is 5.14. The first kappa shape index (κ1) is 15.3. The lowest BCUT2D eigenvalue weighted by molar-refractivity contribution is -0.111. The smallest absolute Gasteiger partial charge is 0.248 e. The molecule has 3 nitrogen and oxygen atoms in total. The van der Waals surface area contributed by atoms with Gasteiger partial charge in [-0.25, -0.2) is 0 Å². The maximum Gasteiger partial charge on any atom is 0.248 e. The van der Waals surface area contributed by atoms with Gasteiger partial charge < -0.3 is 10.4 Å². The number of rotatable bonds is 4. The van der Waals surface area contributed by atoms with E-state index in [-0.39, 0.29) is 5.91 Å². The summed E-state index contributed by atoms with van der Waals surface area (Å²) in [5.41, 5.74) is 2.14. The maximum atomic E-state index is 11.9. The average Bonchev–Trinajstić information content (AvgIpc) is 2.45. The standard InChI is InChI=1S/C17H16ClNO2/c1-12(20)15-7-2-3-8-16(15)19-17(21)10-9-13-5-4-6-14(18)11-13/h2-12,20H,1H3,(H,19,21). The van der Waals surface area contributed by atoms with Crippen LogP contribution in [-0.4, -0.2) is 11.0 Å². The lowest BCUT2D eigenvalue weighted by Crippen LogP contribution is -2.10. The largest absolute Gasteiger partial charge is 0.389 e. The van der Waals surface area contributed by atoms with Crippen molar-refractivity contribution in [2.45, 2.75) is 13.0 Å². The lowest BCUT2D eigenvalue weighted by atomic mass is 10.1. The first-order valence-electron chi connectivity index (χ1n) is 6.58. The number of hydrogen-bond donors (Lipinski definition) is 2. The molecule has 0 bridgehead atoms. The molecule has 0 aliphatic carbocycles. The molecule has 21 heavy (non-hydrogen) atoms. The van der Waals surface area contributed by atoms with Gasteiger partial charge in [-0.3, -0.25) is 4.79 Å². The second kappa shape index (κ2) is 7.07. The number of carbonyl (C=O) groups excluding carboxylic acids is 1. The predicted octanol–water partition coefficient (Wildman–Crippen LogP) is 4.05. The Hall–Kier alpha value is -2.10. The summed E-state index contributed by atoms with van der Waals surface area (Å²) in [6, 6.07) is 14.4. The highest BCUT2D eigenvalue weighted by Crippen LogP contribution is 2.22. The molecule has 108 valence electrons. The molecule has 1 atom stereocenters. The van der Waals surface area contributed by atoms with Crippen LogP contribution in [0.15, 0.2) is 54.6 Å². The van der Waals surface area contributed by atoms with Crippen LogP contribution in [0.1, 0.15) is 24.2 Å². The average molecular weight is 302 g/mol. The van der Waals surface area contributed by atoms with Crippen molar-refractivity contribution < 1.29 is 9.90 Å². The highest BCUT2D eigenvalue weighted by molar-refractivity contribution is 6.30. The Labute approximate surface area is 128 Å². The van der Waals surface area contributed by atoms with E-state index in [4.69, 9.17) is 11.6 Å². The summed E-state index contributed by atoms with van der Waals surface area (Å²) >= 11 is 5.88. The minimum Gasteiger partial charge on any atom is -0.389 e. The van der Waals surface area contributed by atoms with Crippen molar-refractivity contribution in [2.75, 3.05) is 5.32 Å². The highest BCUT2D eigenvalue weighted by atomic mass is 35.5. The van der Waals surface area contributed by atoms with Gasteiger partial charge in [0, 0.05) is 22.3 Å². The molecule has 2 aromatic carbocycles. The van der Waals surface area contributed by atoms with E-state index >= 15 is 0 Å². The second-order valence-corrected chi connectivity index (χ2v) is 5.08. The van der Waals surface area contributed by atoms with Crippen LogP contribution in [0.3, 0.4) is 0 Å². The number of para-hydroxylation sites is 1. The van der Waals surface area contributed by atoms with Gasteiger partial charge in [0.25, 0.3) is 0 Å². The Morgan fingerprint density at radius 3 is 2.71 bits per heavy atom. The molecule has 0 aliphatic heterocycles. The molecule has 0 fully saturated rings. The van der Waals surface area contributed by atoms with Crippen molar-refractivity contribution >= 4 is 29.3 Å². The van der Waals surface area contributed by atoms with Gasteiger partial charge in [0.15, 0.2) is 0 Å². The van der Waals surface area contributed by atoms with Crippen LogP contribution in [0.25, 0.3) is 6.08 Å². The molecule has 0 aliphatic rings. The number of hydrogen-bond acceptors (Lipinski definition) is 2. The molecule has 0 saturated carbocycles. The van der Waals surface area contributed by atoms with Gasteiger partial charge in [-0.15, -0.1) is 0 Å². The van der Waals surface area contributed by atoms with Gasteiger partial charge in [-0.2, -0.15) is 0 Å². The Morgan fingerprint density at radius 1 is 1.24 bits per heavy atom. The van der Waals surface area contributed by atoms with Crippen LogP contribution in [0, 0.1) is 0 Å². The van der Waals surface area contributed by atoms with Crippen molar-refractivity contribution in [3.63, 3.8) is 0 Å². The zero-order valence-corrected chi connectivity index (χ0v) is 12.3. The number of nitrogens with one attached hydrogen (secondary N) is 1. The van der Waals surface area contributed by atoms with Crippen molar-refractivity contribution in [1.82, 2.24) is 0 Å². The van der Waals surface area contributed by atoms with E-state index in [0.29, 0.717) is 16.3 Å². The number of anilines is 1. The highest BCUT2D eigenvalue weighted by Gasteiger charge is 2.08. The van der Waals surface area contributed by atoms with E-state index in [1.807, 2.05) is 24.3 Å². The Balaban J connectivity index is 2.09. The fourth-order valence-electron chi connectivity index (χ4n) is 1.93. The summed E-state index contributed by atoms with van der Waals surface area (Å²) in [6.07, 6.45) is 2.48. The van der Waals surface area contributed by atoms with Crippen molar-refractivity contribution in [3.05, 3.63) is 70.8 Å². The van der Waals surface area contributed by atoms with Gasteiger partial charge in [0.2, 0.25) is 5.91 Å². The number of carbonyl (C=O) groups is 1. The monoisotopic (exact) mass is 301 g/mol. The van der Waals surface area contributed by atoms with E-state index in [1.165, 1.54) is 6.08 Å². The maximum absolute atomic E-state index is 11.9. The molecule has 0 radical (unpaired) electrons. The fraction of sp³-hybridized carbons (Fsp3) is 0.118. The van der Waals surface area contributed by atoms with Crippen molar-refractivity contribution in [2.24, 2.45) is 0 Å². The predicted molar refractivity (Wildman–Crippen MR) is 86.2 cm³/mol. The summed E-state index contributed by atoms with van der Waals surface area (Å²) in [4.78, 5) is 11.9. The minimum atomic E-state index is -0.640. The first-order chi connectivity index (χ1) is 10.1. The van der Waals surface area contributed by atoms with Gasteiger partial charge in [-0.1, -0.05) is 41.9 Å². The summed E-state index contributed by atoms with van der Waals surface area (Å²) in [6.45, 7) is 1.66. The van der Waals surface area contributed by atoms with E-state index in [1.54, 1.807) is 37.3 Å². The van der Waals surface area contributed by atoms with Gasteiger partial charge in [-0.05, 0) is 36.8 Å². The topological polar surface area (TPSA) is 49.3 Å². The van der Waals surface area contributed by atoms with E-state index in [9.17, 15) is 9.90 Å². The summed E-state index contributed by atoms with van der Waals surface area (Å²) in [5.74, 6) is -0.261. The molecule has 0 aromatic heterocycles. The molecule has 0 saturated heterocycles. The van der Waals surface area contributed by atoms with Crippen LogP contribution in [0.5, 0.6) is 0 Å². The number of halogens is 1. The van der Waals surface area contributed by atoms with Crippen molar-refractivity contribution in [3.8, 4) is 0 Å². The lowest BCUT2D eigenvalue weighted by Gasteiger charge is -2.11. The third-order valence-corrected chi connectivity index (χ3v) is 3.18. The molecule has 4 heteroatoms. The summed E-state index contributed by atoms with van der Waals surface area (Å²) in [5, 5.41) is 13.1. The number of amides is 1. The first-order valence-corrected chi connectivity index (χ1v) is 6.95. The van der Waals surface area contributed by atoms with Crippen LogP contribution < -0.4 is 5.32 Å². The van der Waals surface area contributed by atoms with Crippen LogP contribution in [-0.2, 0) is 4.79 Å². The molecule has 0 heterocycles. The third-order valence-electron chi connectivity index (χ3n) is 2.94. The third kappa shape index (κ3) is 4.45. The summed E-state index contributed by atoms with van der Waals surface area (Å²) < 4.78 is 0. The minimum absolute atomic E-state index is 0.261. The molecule has 2 N–H and O–H groups in total. The normalized spacial score (nSPS) is 12.3. The second-order valence-electron chi connectivity index (χ2n) is 4.64. The van der Waals surface area contributed by atoms with Crippen LogP contribution >= 0.6 is 11.6 Å². The Bertz CT molecular complexity index is 665. The number of aliphatic hydroxyl groups excluding tert-OH is 1.